The van der Waals surface area contributed by atoms with E-state index in [9.17, 15) is 8.42 Å². The number of nitrogens with zero attached hydrogens (tertiary/aromatic N) is 1. The van der Waals surface area contributed by atoms with Crippen LogP contribution in [0.25, 0.3) is 0 Å². The SMILES string of the molecule is CC(C)(C)N1C(c2cccc(Br)c2)c2ccccc2S1(=O)=O. The van der Waals surface area contributed by atoms with E-state index >= 15 is 0 Å². The van der Waals surface area contributed by atoms with Crippen molar-refractivity contribution in [2.24, 2.45) is 0 Å². The molecule has 0 radical (unpaired) electrons. The minimum absolute atomic E-state index is 0.293. The van der Waals surface area contributed by atoms with Gasteiger partial charge in [0.25, 0.3) is 0 Å². The molecule has 0 spiro atoms. The van der Waals surface area contributed by atoms with Crippen molar-refractivity contribution in [2.75, 3.05) is 0 Å². The summed E-state index contributed by atoms with van der Waals surface area (Å²) in [6.45, 7) is 5.80. The first-order chi connectivity index (χ1) is 10.2. The second-order valence-corrected chi connectivity index (χ2v) is 9.17. The van der Waals surface area contributed by atoms with Crippen LogP contribution in [0.2, 0.25) is 0 Å². The van der Waals surface area contributed by atoms with Gasteiger partial charge in [-0.3, -0.25) is 0 Å². The predicted octanol–water partition coefficient (Wildman–Crippen LogP) is 4.34. The number of halogens is 1. The molecule has 0 fully saturated rings. The highest BCUT2D eigenvalue weighted by Gasteiger charge is 2.48. The first-order valence-electron chi connectivity index (χ1n) is 7.12. The van der Waals surface area contributed by atoms with Gasteiger partial charge in [0.05, 0.1) is 10.9 Å². The molecule has 116 valence electrons. The highest BCUT2D eigenvalue weighted by molar-refractivity contribution is 9.10. The van der Waals surface area contributed by atoms with Crippen molar-refractivity contribution >= 4 is 26.0 Å². The zero-order valence-corrected chi connectivity index (χ0v) is 15.1. The monoisotopic (exact) mass is 379 g/mol. The summed E-state index contributed by atoms with van der Waals surface area (Å²) in [5, 5.41) is 0. The van der Waals surface area contributed by atoms with Gasteiger partial charge in [0.2, 0.25) is 10.0 Å². The fourth-order valence-corrected chi connectivity index (χ4v) is 5.64. The van der Waals surface area contributed by atoms with Crippen molar-refractivity contribution in [3.63, 3.8) is 0 Å². The average molecular weight is 380 g/mol. The van der Waals surface area contributed by atoms with Crippen LogP contribution < -0.4 is 0 Å². The van der Waals surface area contributed by atoms with Crippen LogP contribution in [0.3, 0.4) is 0 Å². The third-order valence-corrected chi connectivity index (χ3v) is 6.51. The van der Waals surface area contributed by atoms with Crippen LogP contribution in [-0.2, 0) is 10.0 Å². The van der Waals surface area contributed by atoms with Gasteiger partial charge < -0.3 is 0 Å². The molecular weight excluding hydrogens is 362 g/mol. The Morgan fingerprint density at radius 2 is 1.73 bits per heavy atom. The van der Waals surface area contributed by atoms with E-state index < -0.39 is 15.6 Å². The molecule has 2 aromatic rings. The largest absolute Gasteiger partial charge is 0.244 e. The summed E-state index contributed by atoms with van der Waals surface area (Å²) in [5.41, 5.74) is 1.30. The molecule has 1 atom stereocenters. The van der Waals surface area contributed by atoms with Crippen molar-refractivity contribution in [2.45, 2.75) is 37.2 Å². The molecule has 0 aromatic heterocycles. The Kier molecular flexibility index (Phi) is 3.70. The molecule has 0 amide bonds. The normalized spacial score (nSPS) is 20.8. The highest BCUT2D eigenvalue weighted by atomic mass is 79.9. The number of sulfonamides is 1. The van der Waals surface area contributed by atoms with E-state index in [1.165, 1.54) is 0 Å². The second kappa shape index (κ2) is 5.18. The lowest BCUT2D eigenvalue weighted by molar-refractivity contribution is 0.222. The van der Waals surface area contributed by atoms with Crippen LogP contribution in [0, 0.1) is 0 Å². The Balaban J connectivity index is 2.30. The molecule has 1 unspecified atom stereocenters. The quantitative estimate of drug-likeness (QED) is 0.738. The van der Waals surface area contributed by atoms with Crippen LogP contribution in [0.1, 0.15) is 37.9 Å². The summed E-state index contributed by atoms with van der Waals surface area (Å²) in [5.74, 6) is 0. The summed E-state index contributed by atoms with van der Waals surface area (Å²) in [6, 6.07) is 14.8. The van der Waals surface area contributed by atoms with E-state index in [0.717, 1.165) is 15.6 Å². The van der Waals surface area contributed by atoms with Gasteiger partial charge in [-0.05, 0) is 50.1 Å². The Bertz CT molecular complexity index is 825. The lowest BCUT2D eigenvalue weighted by atomic mass is 9.95. The predicted molar refractivity (Wildman–Crippen MR) is 91.2 cm³/mol. The second-order valence-electron chi connectivity index (χ2n) is 6.47. The van der Waals surface area contributed by atoms with Gasteiger partial charge in [-0.2, -0.15) is 4.31 Å². The third kappa shape index (κ3) is 2.41. The molecule has 1 aliphatic rings. The maximum absolute atomic E-state index is 13.0. The topological polar surface area (TPSA) is 37.4 Å². The summed E-state index contributed by atoms with van der Waals surface area (Å²) >= 11 is 3.48. The smallest absolute Gasteiger partial charge is 0.207 e. The minimum atomic E-state index is -3.50. The lowest BCUT2D eigenvalue weighted by Crippen LogP contribution is -2.44. The first-order valence-corrected chi connectivity index (χ1v) is 9.35. The number of hydrogen-bond acceptors (Lipinski definition) is 2. The first kappa shape index (κ1) is 15.7. The zero-order valence-electron chi connectivity index (χ0n) is 12.7. The molecular formula is C17H18BrNO2S. The van der Waals surface area contributed by atoms with E-state index in [0.29, 0.717) is 4.90 Å². The number of rotatable bonds is 1. The van der Waals surface area contributed by atoms with E-state index in [-0.39, 0.29) is 6.04 Å². The van der Waals surface area contributed by atoms with Crippen LogP contribution in [0.5, 0.6) is 0 Å². The summed E-state index contributed by atoms with van der Waals surface area (Å²) < 4.78 is 28.6. The van der Waals surface area contributed by atoms with Crippen LogP contribution >= 0.6 is 15.9 Å². The van der Waals surface area contributed by atoms with Crippen molar-refractivity contribution in [1.82, 2.24) is 4.31 Å². The van der Waals surface area contributed by atoms with Gasteiger partial charge in [-0.15, -0.1) is 0 Å². The number of benzene rings is 2. The van der Waals surface area contributed by atoms with E-state index in [1.807, 2.05) is 57.2 Å². The maximum Gasteiger partial charge on any atom is 0.244 e. The fourth-order valence-electron chi connectivity index (χ4n) is 3.05. The molecule has 0 N–H and O–H groups in total. The standard InChI is InChI=1S/C17H18BrNO2S/c1-17(2,3)19-16(12-7-6-8-13(18)11-12)14-9-4-5-10-15(14)22(19,20)21/h4-11,16H,1-3H3. The van der Waals surface area contributed by atoms with Crippen LogP contribution in [-0.4, -0.2) is 18.3 Å². The van der Waals surface area contributed by atoms with Crippen molar-refractivity contribution in [3.8, 4) is 0 Å². The molecule has 3 nitrogen and oxygen atoms in total. The zero-order chi connectivity index (χ0) is 16.1. The van der Waals surface area contributed by atoms with Gasteiger partial charge in [-0.25, -0.2) is 8.42 Å². The van der Waals surface area contributed by atoms with Gasteiger partial charge in [0.1, 0.15) is 0 Å². The van der Waals surface area contributed by atoms with Crippen LogP contribution in [0.4, 0.5) is 0 Å². The van der Waals surface area contributed by atoms with Crippen molar-refractivity contribution < 1.29 is 8.42 Å². The van der Waals surface area contributed by atoms with Crippen molar-refractivity contribution in [3.05, 3.63) is 64.1 Å². The third-order valence-electron chi connectivity index (χ3n) is 3.81. The Morgan fingerprint density at radius 1 is 1.05 bits per heavy atom. The molecule has 22 heavy (non-hydrogen) atoms. The van der Waals surface area contributed by atoms with Gasteiger partial charge in [0.15, 0.2) is 0 Å². The number of fused-ring (bicyclic) bond motifs is 1. The molecule has 0 saturated carbocycles. The molecule has 0 aliphatic carbocycles. The fraction of sp³-hybridized carbons (Fsp3) is 0.294. The molecule has 1 heterocycles. The molecule has 3 rings (SSSR count). The van der Waals surface area contributed by atoms with E-state index in [2.05, 4.69) is 15.9 Å². The Hall–Kier alpha value is -1.17. The molecule has 1 aliphatic heterocycles. The van der Waals surface area contributed by atoms with Gasteiger partial charge >= 0.3 is 0 Å². The van der Waals surface area contributed by atoms with E-state index in [1.54, 1.807) is 16.4 Å². The molecule has 2 aromatic carbocycles. The lowest BCUT2D eigenvalue weighted by Gasteiger charge is -2.35. The van der Waals surface area contributed by atoms with Gasteiger partial charge in [0, 0.05) is 10.0 Å². The average Bonchev–Trinajstić information content (AvgIpc) is 2.67. The minimum Gasteiger partial charge on any atom is -0.207 e. The van der Waals surface area contributed by atoms with E-state index in [4.69, 9.17) is 0 Å². The van der Waals surface area contributed by atoms with Crippen molar-refractivity contribution in [1.29, 1.82) is 0 Å². The van der Waals surface area contributed by atoms with Gasteiger partial charge in [-0.1, -0.05) is 46.3 Å². The van der Waals surface area contributed by atoms with Crippen LogP contribution in [0.15, 0.2) is 57.9 Å². The number of hydrogen-bond donors (Lipinski definition) is 0. The highest BCUT2D eigenvalue weighted by Crippen LogP contribution is 2.47. The summed E-state index contributed by atoms with van der Waals surface area (Å²) in [6.07, 6.45) is 0. The Morgan fingerprint density at radius 3 is 2.36 bits per heavy atom. The molecule has 0 bridgehead atoms. The maximum atomic E-state index is 13.0. The Labute approximate surface area is 140 Å². The molecule has 5 heteroatoms. The summed E-state index contributed by atoms with van der Waals surface area (Å²) in [4.78, 5) is 0.412. The summed E-state index contributed by atoms with van der Waals surface area (Å²) in [7, 11) is -3.50. The molecule has 0 saturated heterocycles.